The smallest absolute Gasteiger partial charge is 0.259 e. The molecule has 0 fully saturated rings. The van der Waals surface area contributed by atoms with Crippen molar-refractivity contribution in [2.45, 2.75) is 32.6 Å². The van der Waals surface area contributed by atoms with Crippen LogP contribution in [0.5, 0.6) is 0 Å². The van der Waals surface area contributed by atoms with E-state index >= 15 is 0 Å². The van der Waals surface area contributed by atoms with Crippen molar-refractivity contribution in [3.8, 4) is 11.3 Å². The molecular weight excluding hydrogens is 460 g/mol. The zero-order chi connectivity index (χ0) is 24.1. The molecule has 4 aromatic rings. The second-order valence-electron chi connectivity index (χ2n) is 8.05. The maximum atomic E-state index is 13.4. The van der Waals surface area contributed by atoms with Crippen LogP contribution >= 0.6 is 11.3 Å². The van der Waals surface area contributed by atoms with E-state index in [0.717, 1.165) is 19.6 Å². The van der Waals surface area contributed by atoms with E-state index in [1.54, 1.807) is 43.4 Å². The lowest BCUT2D eigenvalue weighted by Gasteiger charge is -2.15. The standard InChI is InChI=1S/C23H24N4O4S2/c1-12-7-8-16(10-20(12)33(29,30)27(5)6)24-22(28)18-11-19(17-9-13(2)32-15(17)4)25-23-21(18)14(3)26-31-23/h7-11H,1-6H3,(H,24,28). The molecule has 0 spiro atoms. The monoisotopic (exact) mass is 484 g/mol. The van der Waals surface area contributed by atoms with Crippen molar-refractivity contribution < 1.29 is 17.7 Å². The van der Waals surface area contributed by atoms with E-state index in [1.165, 1.54) is 20.2 Å². The molecule has 0 saturated carbocycles. The summed E-state index contributed by atoms with van der Waals surface area (Å²) in [6.07, 6.45) is 0. The molecule has 0 aliphatic rings. The van der Waals surface area contributed by atoms with Gasteiger partial charge in [0.1, 0.15) is 0 Å². The number of benzene rings is 1. The molecule has 1 aromatic carbocycles. The fourth-order valence-electron chi connectivity index (χ4n) is 3.65. The van der Waals surface area contributed by atoms with Gasteiger partial charge < -0.3 is 9.84 Å². The Kier molecular flexibility index (Phi) is 5.85. The number of fused-ring (bicyclic) bond motifs is 1. The predicted molar refractivity (Wildman–Crippen MR) is 129 cm³/mol. The Morgan fingerprint density at radius 3 is 2.45 bits per heavy atom. The summed E-state index contributed by atoms with van der Waals surface area (Å²) in [6, 6.07) is 8.56. The maximum Gasteiger partial charge on any atom is 0.259 e. The highest BCUT2D eigenvalue weighted by Gasteiger charge is 2.23. The van der Waals surface area contributed by atoms with E-state index in [-0.39, 0.29) is 10.6 Å². The lowest BCUT2D eigenvalue weighted by molar-refractivity contribution is 0.102. The second kappa shape index (κ2) is 8.36. The van der Waals surface area contributed by atoms with Gasteiger partial charge in [-0.1, -0.05) is 11.2 Å². The van der Waals surface area contributed by atoms with Crippen LogP contribution < -0.4 is 5.32 Å². The SMILES string of the molecule is Cc1cc(-c2cc(C(=O)Nc3ccc(C)c(S(=O)(=O)N(C)C)c3)c3c(C)noc3n2)c(C)s1. The van der Waals surface area contributed by atoms with Crippen molar-refractivity contribution in [1.82, 2.24) is 14.4 Å². The number of carbonyl (C=O) groups is 1. The number of anilines is 1. The largest absolute Gasteiger partial charge is 0.335 e. The van der Waals surface area contributed by atoms with Gasteiger partial charge in [-0.2, -0.15) is 0 Å². The highest BCUT2D eigenvalue weighted by Crippen LogP contribution is 2.33. The van der Waals surface area contributed by atoms with Crippen LogP contribution in [0.4, 0.5) is 5.69 Å². The molecule has 0 unspecified atom stereocenters. The van der Waals surface area contributed by atoms with Crippen LogP contribution in [0.3, 0.4) is 0 Å². The molecule has 33 heavy (non-hydrogen) atoms. The van der Waals surface area contributed by atoms with Crippen LogP contribution in [0, 0.1) is 27.7 Å². The molecule has 1 amide bonds. The molecule has 172 valence electrons. The van der Waals surface area contributed by atoms with Crippen LogP contribution in [0.1, 0.15) is 31.4 Å². The van der Waals surface area contributed by atoms with Gasteiger partial charge >= 0.3 is 0 Å². The van der Waals surface area contributed by atoms with Crippen molar-refractivity contribution in [3.63, 3.8) is 0 Å². The molecule has 0 radical (unpaired) electrons. The van der Waals surface area contributed by atoms with Gasteiger partial charge in [-0.05, 0) is 57.5 Å². The van der Waals surface area contributed by atoms with Crippen molar-refractivity contribution in [1.29, 1.82) is 0 Å². The number of hydrogen-bond donors (Lipinski definition) is 1. The van der Waals surface area contributed by atoms with Crippen LogP contribution in [-0.4, -0.2) is 42.9 Å². The number of nitrogens with zero attached hydrogens (tertiary/aromatic N) is 3. The zero-order valence-electron chi connectivity index (χ0n) is 19.2. The third kappa shape index (κ3) is 4.17. The number of nitrogens with one attached hydrogen (secondary N) is 1. The first-order chi connectivity index (χ1) is 15.5. The Morgan fingerprint density at radius 1 is 1.09 bits per heavy atom. The molecular formula is C23H24N4O4S2. The quantitative estimate of drug-likeness (QED) is 0.441. The van der Waals surface area contributed by atoms with E-state index < -0.39 is 15.9 Å². The molecule has 3 heterocycles. The number of hydrogen-bond acceptors (Lipinski definition) is 7. The van der Waals surface area contributed by atoms with E-state index in [1.807, 2.05) is 19.9 Å². The summed E-state index contributed by atoms with van der Waals surface area (Å²) < 4.78 is 31.9. The summed E-state index contributed by atoms with van der Waals surface area (Å²) >= 11 is 1.65. The molecule has 0 bridgehead atoms. The number of amides is 1. The van der Waals surface area contributed by atoms with Crippen molar-refractivity contribution in [3.05, 3.63) is 56.9 Å². The predicted octanol–water partition coefficient (Wildman–Crippen LogP) is 4.69. The summed E-state index contributed by atoms with van der Waals surface area (Å²) in [5, 5.41) is 7.34. The number of carbonyl (C=O) groups excluding carboxylic acids is 1. The van der Waals surface area contributed by atoms with Gasteiger partial charge in [0.15, 0.2) is 0 Å². The molecule has 4 rings (SSSR count). The first-order valence-electron chi connectivity index (χ1n) is 10.2. The Labute approximate surface area is 196 Å². The van der Waals surface area contributed by atoms with E-state index in [9.17, 15) is 13.2 Å². The van der Waals surface area contributed by atoms with Gasteiger partial charge in [0.2, 0.25) is 10.0 Å². The summed E-state index contributed by atoms with van der Waals surface area (Å²) in [7, 11) is -0.719. The van der Waals surface area contributed by atoms with Crippen LogP contribution in [0.15, 0.2) is 39.8 Å². The zero-order valence-corrected chi connectivity index (χ0v) is 20.8. The number of rotatable bonds is 5. The molecule has 3 aromatic heterocycles. The second-order valence-corrected chi connectivity index (χ2v) is 11.6. The number of aromatic nitrogens is 2. The average Bonchev–Trinajstić information content (AvgIpc) is 3.29. The average molecular weight is 485 g/mol. The van der Waals surface area contributed by atoms with E-state index in [4.69, 9.17) is 4.52 Å². The van der Waals surface area contributed by atoms with E-state index in [0.29, 0.717) is 33.6 Å². The summed E-state index contributed by atoms with van der Waals surface area (Å²) in [5.41, 5.74) is 3.69. The fraction of sp³-hybridized carbons (Fsp3) is 0.261. The highest BCUT2D eigenvalue weighted by atomic mass is 32.2. The Morgan fingerprint density at radius 2 is 1.82 bits per heavy atom. The van der Waals surface area contributed by atoms with Crippen molar-refractivity contribution >= 4 is 44.1 Å². The topological polar surface area (TPSA) is 105 Å². The van der Waals surface area contributed by atoms with Crippen LogP contribution in [-0.2, 0) is 10.0 Å². The Bertz CT molecular complexity index is 1500. The molecule has 0 aliphatic heterocycles. The third-order valence-electron chi connectivity index (χ3n) is 5.38. The molecule has 10 heteroatoms. The Balaban J connectivity index is 1.79. The summed E-state index contributed by atoms with van der Waals surface area (Å²) in [6.45, 7) is 7.48. The maximum absolute atomic E-state index is 13.4. The fourth-order valence-corrected chi connectivity index (χ4v) is 5.73. The van der Waals surface area contributed by atoms with Gasteiger partial charge in [-0.15, -0.1) is 11.3 Å². The molecule has 8 nitrogen and oxygen atoms in total. The molecule has 0 atom stereocenters. The summed E-state index contributed by atoms with van der Waals surface area (Å²) in [4.78, 5) is 20.3. The summed E-state index contributed by atoms with van der Waals surface area (Å²) in [5.74, 6) is -0.406. The van der Waals surface area contributed by atoms with Gasteiger partial charge in [-0.25, -0.2) is 17.7 Å². The molecule has 1 N–H and O–H groups in total. The normalized spacial score (nSPS) is 12.0. The number of thiophene rings is 1. The Hall–Kier alpha value is -3.08. The first-order valence-corrected chi connectivity index (χ1v) is 12.4. The minimum absolute atomic E-state index is 0.136. The van der Waals surface area contributed by atoms with Gasteiger partial charge in [0, 0.05) is 35.1 Å². The number of aryl methyl sites for hydroxylation is 4. The first kappa shape index (κ1) is 23.1. The van der Waals surface area contributed by atoms with Gasteiger partial charge in [-0.3, -0.25) is 4.79 Å². The molecule has 0 saturated heterocycles. The molecule has 0 aliphatic carbocycles. The van der Waals surface area contributed by atoms with Gasteiger partial charge in [0.25, 0.3) is 11.6 Å². The highest BCUT2D eigenvalue weighted by molar-refractivity contribution is 7.89. The minimum atomic E-state index is -3.66. The minimum Gasteiger partial charge on any atom is -0.335 e. The van der Waals surface area contributed by atoms with Crippen LogP contribution in [0.25, 0.3) is 22.4 Å². The third-order valence-corrected chi connectivity index (χ3v) is 8.31. The van der Waals surface area contributed by atoms with Gasteiger partial charge in [0.05, 0.1) is 27.2 Å². The number of sulfonamides is 1. The van der Waals surface area contributed by atoms with Crippen molar-refractivity contribution in [2.24, 2.45) is 0 Å². The van der Waals surface area contributed by atoms with Crippen LogP contribution in [0.2, 0.25) is 0 Å². The van der Waals surface area contributed by atoms with Crippen molar-refractivity contribution in [2.75, 3.05) is 19.4 Å². The lowest BCUT2D eigenvalue weighted by atomic mass is 10.1. The number of pyridine rings is 1. The van der Waals surface area contributed by atoms with E-state index in [2.05, 4.69) is 15.5 Å². The lowest BCUT2D eigenvalue weighted by Crippen LogP contribution is -2.23.